The number of hydrogen-bond donors (Lipinski definition) is 1. The summed E-state index contributed by atoms with van der Waals surface area (Å²) < 4.78 is 0. The molecule has 0 aromatic carbocycles. The molecule has 2 aliphatic rings. The molecule has 6 nitrogen and oxygen atoms in total. The van der Waals surface area contributed by atoms with Gasteiger partial charge in [-0.3, -0.25) is 14.4 Å². The van der Waals surface area contributed by atoms with Gasteiger partial charge in [0.15, 0.2) is 0 Å². The van der Waals surface area contributed by atoms with Gasteiger partial charge in [-0.2, -0.15) is 0 Å². The van der Waals surface area contributed by atoms with Crippen molar-refractivity contribution >= 4 is 17.8 Å². The van der Waals surface area contributed by atoms with Gasteiger partial charge in [-0.25, -0.2) is 0 Å². The first kappa shape index (κ1) is 12.9. The number of nitrogens with zero attached hydrogens (tertiary/aromatic N) is 2. The average molecular weight is 254 g/mol. The molecule has 0 spiro atoms. The van der Waals surface area contributed by atoms with Gasteiger partial charge in [-0.1, -0.05) is 0 Å². The van der Waals surface area contributed by atoms with Crippen LogP contribution in [0.5, 0.6) is 0 Å². The van der Waals surface area contributed by atoms with Crippen LogP contribution in [-0.2, 0) is 14.4 Å². The number of carboxylic acids is 1. The van der Waals surface area contributed by atoms with Gasteiger partial charge in [0.2, 0.25) is 11.8 Å². The summed E-state index contributed by atoms with van der Waals surface area (Å²) in [6.45, 7) is 0.884. The molecule has 1 aliphatic heterocycles. The molecule has 1 atom stereocenters. The third-order valence-electron chi connectivity index (χ3n) is 3.49. The maximum Gasteiger partial charge on any atom is 0.323 e. The minimum Gasteiger partial charge on any atom is -0.480 e. The van der Waals surface area contributed by atoms with Gasteiger partial charge in [-0.05, 0) is 18.8 Å². The number of carbonyl (C=O) groups excluding carboxylic acids is 2. The van der Waals surface area contributed by atoms with Crippen molar-refractivity contribution in [3.63, 3.8) is 0 Å². The van der Waals surface area contributed by atoms with E-state index in [4.69, 9.17) is 5.11 Å². The van der Waals surface area contributed by atoms with Gasteiger partial charge in [-0.15, -0.1) is 0 Å². The van der Waals surface area contributed by atoms with Gasteiger partial charge in [0.05, 0.1) is 5.92 Å². The van der Waals surface area contributed by atoms with Crippen molar-refractivity contribution in [1.82, 2.24) is 9.80 Å². The maximum atomic E-state index is 12.0. The Morgan fingerprint density at radius 2 is 2.11 bits per heavy atom. The normalized spacial score (nSPS) is 23.3. The van der Waals surface area contributed by atoms with Crippen molar-refractivity contribution in [2.24, 2.45) is 11.8 Å². The zero-order valence-electron chi connectivity index (χ0n) is 10.5. The molecule has 6 heteroatoms. The third kappa shape index (κ3) is 3.00. The van der Waals surface area contributed by atoms with Gasteiger partial charge in [0, 0.05) is 26.6 Å². The second-order valence-electron chi connectivity index (χ2n) is 5.23. The summed E-state index contributed by atoms with van der Waals surface area (Å²) in [6.07, 6.45) is 2.55. The highest BCUT2D eigenvalue weighted by atomic mass is 16.4. The summed E-state index contributed by atoms with van der Waals surface area (Å²) >= 11 is 0. The number of amides is 2. The number of likely N-dealkylation sites (tertiary alicyclic amines) is 1. The van der Waals surface area contributed by atoms with Crippen LogP contribution in [0.2, 0.25) is 0 Å². The zero-order chi connectivity index (χ0) is 13.3. The highest BCUT2D eigenvalue weighted by Crippen LogP contribution is 2.32. The Balaban J connectivity index is 1.87. The zero-order valence-corrected chi connectivity index (χ0v) is 10.5. The smallest absolute Gasteiger partial charge is 0.323 e. The number of hydrogen-bond acceptors (Lipinski definition) is 3. The topological polar surface area (TPSA) is 77.9 Å². The Kier molecular flexibility index (Phi) is 3.54. The van der Waals surface area contributed by atoms with E-state index >= 15 is 0 Å². The molecule has 1 unspecified atom stereocenters. The van der Waals surface area contributed by atoms with E-state index in [-0.39, 0.29) is 30.7 Å². The van der Waals surface area contributed by atoms with Crippen molar-refractivity contribution < 1.29 is 19.5 Å². The summed E-state index contributed by atoms with van der Waals surface area (Å²) in [4.78, 5) is 37.2. The minimum atomic E-state index is -1.04. The summed E-state index contributed by atoms with van der Waals surface area (Å²) in [5, 5.41) is 8.64. The fourth-order valence-electron chi connectivity index (χ4n) is 2.32. The fraction of sp³-hybridized carbons (Fsp3) is 0.750. The maximum absolute atomic E-state index is 12.0. The van der Waals surface area contributed by atoms with Crippen LogP contribution < -0.4 is 0 Å². The lowest BCUT2D eigenvalue weighted by Gasteiger charge is -2.19. The van der Waals surface area contributed by atoms with Gasteiger partial charge < -0.3 is 14.9 Å². The number of aliphatic carboxylic acids is 1. The molecule has 1 aliphatic carbocycles. The van der Waals surface area contributed by atoms with E-state index in [1.165, 1.54) is 24.8 Å². The predicted molar refractivity (Wildman–Crippen MR) is 62.7 cm³/mol. The van der Waals surface area contributed by atoms with Crippen molar-refractivity contribution in [1.29, 1.82) is 0 Å². The summed E-state index contributed by atoms with van der Waals surface area (Å²) in [7, 11) is 1.46. The second-order valence-corrected chi connectivity index (χ2v) is 5.23. The Morgan fingerprint density at radius 3 is 2.67 bits per heavy atom. The standard InChI is InChI=1S/C12H18N2O4/c1-13(7-11(16)17)12(18)9-4-10(15)14(6-9)5-8-2-3-8/h8-9H,2-7H2,1H3,(H,16,17). The lowest BCUT2D eigenvalue weighted by atomic mass is 10.1. The number of likely N-dealkylation sites (N-methyl/N-ethyl adjacent to an activating group) is 1. The van der Waals surface area contributed by atoms with Crippen LogP contribution in [-0.4, -0.2) is 59.4 Å². The van der Waals surface area contributed by atoms with Crippen molar-refractivity contribution in [3.05, 3.63) is 0 Å². The van der Waals surface area contributed by atoms with Crippen LogP contribution in [0.25, 0.3) is 0 Å². The first-order valence-corrected chi connectivity index (χ1v) is 6.22. The van der Waals surface area contributed by atoms with E-state index in [0.29, 0.717) is 12.5 Å². The number of carboxylic acid groups (broad SMARTS) is 1. The van der Waals surface area contributed by atoms with E-state index in [9.17, 15) is 14.4 Å². The van der Waals surface area contributed by atoms with Gasteiger partial charge in [0.1, 0.15) is 6.54 Å². The van der Waals surface area contributed by atoms with Gasteiger partial charge in [0.25, 0.3) is 0 Å². The highest BCUT2D eigenvalue weighted by molar-refractivity contribution is 5.90. The van der Waals surface area contributed by atoms with E-state index < -0.39 is 5.97 Å². The monoisotopic (exact) mass is 254 g/mol. The lowest BCUT2D eigenvalue weighted by Crippen LogP contribution is -2.37. The summed E-state index contributed by atoms with van der Waals surface area (Å²) in [5.41, 5.74) is 0. The SMILES string of the molecule is CN(CC(=O)O)C(=O)C1CC(=O)N(CC2CC2)C1. The molecule has 1 saturated carbocycles. The molecule has 1 N–H and O–H groups in total. The molecular formula is C12H18N2O4. The minimum absolute atomic E-state index is 0.0176. The largest absolute Gasteiger partial charge is 0.480 e. The van der Waals surface area contributed by atoms with Crippen molar-refractivity contribution in [3.8, 4) is 0 Å². The van der Waals surface area contributed by atoms with Crippen LogP contribution in [0.4, 0.5) is 0 Å². The Hall–Kier alpha value is -1.59. The van der Waals surface area contributed by atoms with Crippen LogP contribution >= 0.6 is 0 Å². The van der Waals surface area contributed by atoms with Crippen molar-refractivity contribution in [2.75, 3.05) is 26.7 Å². The lowest BCUT2D eigenvalue weighted by molar-refractivity contribution is -0.145. The van der Waals surface area contributed by atoms with Crippen LogP contribution in [0.15, 0.2) is 0 Å². The number of carbonyl (C=O) groups is 3. The molecule has 18 heavy (non-hydrogen) atoms. The molecule has 1 heterocycles. The van der Waals surface area contributed by atoms with Crippen molar-refractivity contribution in [2.45, 2.75) is 19.3 Å². The molecular weight excluding hydrogens is 236 g/mol. The summed E-state index contributed by atoms with van der Waals surface area (Å²) in [5.74, 6) is -1.03. The molecule has 0 bridgehead atoms. The predicted octanol–water partition coefficient (Wildman–Crippen LogP) is -0.212. The highest BCUT2D eigenvalue weighted by Gasteiger charge is 2.38. The average Bonchev–Trinajstić information content (AvgIpc) is 3.01. The second kappa shape index (κ2) is 4.96. The van der Waals surface area contributed by atoms with E-state index in [1.807, 2.05) is 0 Å². The Morgan fingerprint density at radius 1 is 1.44 bits per heavy atom. The Bertz CT molecular complexity index is 378. The molecule has 1 saturated heterocycles. The van der Waals surface area contributed by atoms with E-state index in [0.717, 1.165) is 6.54 Å². The van der Waals surface area contributed by atoms with E-state index in [2.05, 4.69) is 0 Å². The quantitative estimate of drug-likeness (QED) is 0.736. The van der Waals surface area contributed by atoms with Crippen LogP contribution in [0.3, 0.4) is 0 Å². The fourth-order valence-corrected chi connectivity index (χ4v) is 2.32. The first-order chi connectivity index (χ1) is 8.47. The molecule has 2 amide bonds. The van der Waals surface area contributed by atoms with Gasteiger partial charge >= 0.3 is 5.97 Å². The summed E-state index contributed by atoms with van der Waals surface area (Å²) in [6, 6.07) is 0. The molecule has 100 valence electrons. The Labute approximate surface area is 106 Å². The molecule has 0 aromatic rings. The molecule has 0 aromatic heterocycles. The molecule has 0 radical (unpaired) electrons. The number of rotatable bonds is 5. The van der Waals surface area contributed by atoms with Crippen LogP contribution in [0, 0.1) is 11.8 Å². The molecule has 2 rings (SSSR count). The third-order valence-corrected chi connectivity index (χ3v) is 3.49. The molecule has 2 fully saturated rings. The van der Waals surface area contributed by atoms with Crippen LogP contribution in [0.1, 0.15) is 19.3 Å². The first-order valence-electron chi connectivity index (χ1n) is 6.22. The van der Waals surface area contributed by atoms with E-state index in [1.54, 1.807) is 4.90 Å².